The average molecular weight is 307 g/mol. The molecule has 2 rings (SSSR count). The number of nitrogens with two attached hydrogens (primary N) is 1. The van der Waals surface area contributed by atoms with Gasteiger partial charge in [0, 0.05) is 25.1 Å². The molecule has 122 valence electrons. The molecule has 22 heavy (non-hydrogen) atoms. The molecule has 0 aliphatic carbocycles. The van der Waals surface area contributed by atoms with Gasteiger partial charge in [-0.15, -0.1) is 0 Å². The van der Waals surface area contributed by atoms with Gasteiger partial charge in [0.1, 0.15) is 5.76 Å². The van der Waals surface area contributed by atoms with E-state index in [1.165, 1.54) is 0 Å². The Morgan fingerprint density at radius 2 is 1.95 bits per heavy atom. The smallest absolute Gasteiger partial charge is 0.223 e. The van der Waals surface area contributed by atoms with Crippen LogP contribution in [0.1, 0.15) is 49.6 Å². The van der Waals surface area contributed by atoms with Gasteiger partial charge < -0.3 is 15.2 Å². The number of amides is 2. The highest BCUT2D eigenvalue weighted by Crippen LogP contribution is 2.34. The van der Waals surface area contributed by atoms with Crippen molar-refractivity contribution in [1.82, 2.24) is 10.1 Å². The number of carbonyl (C=O) groups excluding carboxylic acids is 2. The van der Waals surface area contributed by atoms with Gasteiger partial charge in [0.15, 0.2) is 0 Å². The molecule has 0 radical (unpaired) electrons. The fraction of sp³-hybridized carbons (Fsp3) is 0.688. The van der Waals surface area contributed by atoms with Crippen LogP contribution in [0.2, 0.25) is 0 Å². The molecule has 0 bridgehead atoms. The number of rotatable bonds is 5. The summed E-state index contributed by atoms with van der Waals surface area (Å²) < 4.78 is 5.11. The SMILES string of the molecule is CCC1(C(N)=O)CCN(C(=O)CCc2c(C)noc2C)CC1. The molecule has 1 saturated heterocycles. The molecule has 0 aromatic carbocycles. The lowest BCUT2D eigenvalue weighted by atomic mass is 9.75. The third-order valence-corrected chi connectivity index (χ3v) is 5.04. The number of carbonyl (C=O) groups is 2. The normalized spacial score (nSPS) is 17.5. The van der Waals surface area contributed by atoms with E-state index in [2.05, 4.69) is 5.16 Å². The molecule has 2 amide bonds. The summed E-state index contributed by atoms with van der Waals surface area (Å²) in [5, 5.41) is 3.90. The average Bonchev–Trinajstić information content (AvgIpc) is 2.83. The third-order valence-electron chi connectivity index (χ3n) is 5.04. The maximum absolute atomic E-state index is 12.3. The summed E-state index contributed by atoms with van der Waals surface area (Å²) in [6.07, 6.45) is 3.15. The van der Waals surface area contributed by atoms with Gasteiger partial charge >= 0.3 is 0 Å². The molecule has 1 aromatic rings. The van der Waals surface area contributed by atoms with E-state index in [1.54, 1.807) is 0 Å². The van der Waals surface area contributed by atoms with Crippen LogP contribution in [0.25, 0.3) is 0 Å². The Labute approximate surface area is 131 Å². The Bertz CT molecular complexity index is 537. The van der Waals surface area contributed by atoms with E-state index in [-0.39, 0.29) is 11.8 Å². The number of primary amides is 1. The van der Waals surface area contributed by atoms with Gasteiger partial charge in [-0.3, -0.25) is 9.59 Å². The van der Waals surface area contributed by atoms with E-state index in [0.29, 0.717) is 38.8 Å². The van der Waals surface area contributed by atoms with Crippen LogP contribution in [-0.4, -0.2) is 35.0 Å². The van der Waals surface area contributed by atoms with Crippen LogP contribution in [0.3, 0.4) is 0 Å². The number of piperidine rings is 1. The van der Waals surface area contributed by atoms with E-state index in [9.17, 15) is 9.59 Å². The quantitative estimate of drug-likeness (QED) is 0.897. The lowest BCUT2D eigenvalue weighted by Crippen LogP contribution is -2.48. The lowest BCUT2D eigenvalue weighted by Gasteiger charge is -2.39. The Morgan fingerprint density at radius 3 is 2.41 bits per heavy atom. The summed E-state index contributed by atoms with van der Waals surface area (Å²) in [5.74, 6) is 0.662. The Balaban J connectivity index is 1.89. The summed E-state index contributed by atoms with van der Waals surface area (Å²) in [6, 6.07) is 0. The summed E-state index contributed by atoms with van der Waals surface area (Å²) in [6.45, 7) is 6.96. The van der Waals surface area contributed by atoms with Crippen molar-refractivity contribution in [2.45, 2.75) is 52.9 Å². The fourth-order valence-electron chi connectivity index (χ4n) is 3.21. The van der Waals surface area contributed by atoms with E-state index in [4.69, 9.17) is 10.3 Å². The van der Waals surface area contributed by atoms with Crippen molar-refractivity contribution in [3.05, 3.63) is 17.0 Å². The highest BCUT2D eigenvalue weighted by Gasteiger charge is 2.39. The molecule has 1 aliphatic rings. The number of nitrogens with zero attached hydrogens (tertiary/aromatic N) is 2. The van der Waals surface area contributed by atoms with Crippen molar-refractivity contribution in [3.8, 4) is 0 Å². The predicted molar refractivity (Wildman–Crippen MR) is 82.0 cm³/mol. The summed E-state index contributed by atoms with van der Waals surface area (Å²) in [4.78, 5) is 25.8. The number of aryl methyl sites for hydroxylation is 2. The van der Waals surface area contributed by atoms with E-state index >= 15 is 0 Å². The Morgan fingerprint density at radius 1 is 1.32 bits per heavy atom. The van der Waals surface area contributed by atoms with Gasteiger partial charge in [-0.2, -0.15) is 0 Å². The van der Waals surface area contributed by atoms with Gasteiger partial charge in [0.05, 0.1) is 11.1 Å². The highest BCUT2D eigenvalue weighted by molar-refractivity contribution is 5.82. The van der Waals surface area contributed by atoms with Crippen LogP contribution in [-0.2, 0) is 16.0 Å². The van der Waals surface area contributed by atoms with Crippen LogP contribution < -0.4 is 5.73 Å². The summed E-state index contributed by atoms with van der Waals surface area (Å²) >= 11 is 0. The second-order valence-electron chi connectivity index (χ2n) is 6.18. The fourth-order valence-corrected chi connectivity index (χ4v) is 3.21. The standard InChI is InChI=1S/C16H25N3O3/c1-4-16(15(17)21)7-9-19(10-8-16)14(20)6-5-13-11(2)18-22-12(13)3/h4-10H2,1-3H3,(H2,17,21). The van der Waals surface area contributed by atoms with Crippen molar-refractivity contribution < 1.29 is 14.1 Å². The highest BCUT2D eigenvalue weighted by atomic mass is 16.5. The van der Waals surface area contributed by atoms with E-state index in [1.807, 2.05) is 25.7 Å². The van der Waals surface area contributed by atoms with Gasteiger partial charge in [0.2, 0.25) is 11.8 Å². The molecular weight excluding hydrogens is 282 g/mol. The molecule has 1 aromatic heterocycles. The number of likely N-dealkylation sites (tertiary alicyclic amines) is 1. The predicted octanol–water partition coefficient (Wildman–Crippen LogP) is 1.73. The number of hydrogen-bond acceptors (Lipinski definition) is 4. The first-order chi connectivity index (χ1) is 10.4. The second-order valence-corrected chi connectivity index (χ2v) is 6.18. The maximum Gasteiger partial charge on any atom is 0.223 e. The molecule has 2 heterocycles. The van der Waals surface area contributed by atoms with Gasteiger partial charge in [-0.25, -0.2) is 0 Å². The molecule has 0 atom stereocenters. The van der Waals surface area contributed by atoms with Gasteiger partial charge in [-0.1, -0.05) is 12.1 Å². The molecular formula is C16H25N3O3. The van der Waals surface area contributed by atoms with Crippen LogP contribution in [0.5, 0.6) is 0 Å². The van der Waals surface area contributed by atoms with E-state index in [0.717, 1.165) is 23.4 Å². The van der Waals surface area contributed by atoms with Gasteiger partial charge in [-0.05, 0) is 39.5 Å². The van der Waals surface area contributed by atoms with Crippen LogP contribution in [0, 0.1) is 19.3 Å². The van der Waals surface area contributed by atoms with Crippen LogP contribution in [0.4, 0.5) is 0 Å². The Kier molecular flexibility index (Phi) is 4.88. The van der Waals surface area contributed by atoms with Crippen molar-refractivity contribution in [1.29, 1.82) is 0 Å². The summed E-state index contributed by atoms with van der Waals surface area (Å²) in [5.41, 5.74) is 6.97. The first-order valence-corrected chi connectivity index (χ1v) is 7.89. The molecule has 6 heteroatoms. The largest absolute Gasteiger partial charge is 0.369 e. The third kappa shape index (κ3) is 3.15. The molecule has 1 fully saturated rings. The van der Waals surface area contributed by atoms with Crippen LogP contribution >= 0.6 is 0 Å². The van der Waals surface area contributed by atoms with E-state index < -0.39 is 5.41 Å². The number of aromatic nitrogens is 1. The van der Waals surface area contributed by atoms with Crippen molar-refractivity contribution in [2.75, 3.05) is 13.1 Å². The minimum Gasteiger partial charge on any atom is -0.369 e. The monoisotopic (exact) mass is 307 g/mol. The second kappa shape index (κ2) is 6.50. The molecule has 0 saturated carbocycles. The first kappa shape index (κ1) is 16.5. The zero-order valence-corrected chi connectivity index (χ0v) is 13.6. The molecule has 0 spiro atoms. The topological polar surface area (TPSA) is 89.4 Å². The first-order valence-electron chi connectivity index (χ1n) is 7.89. The zero-order chi connectivity index (χ0) is 16.3. The molecule has 1 aliphatic heterocycles. The van der Waals surface area contributed by atoms with Gasteiger partial charge in [0.25, 0.3) is 0 Å². The zero-order valence-electron chi connectivity index (χ0n) is 13.6. The van der Waals surface area contributed by atoms with Crippen molar-refractivity contribution in [3.63, 3.8) is 0 Å². The molecule has 2 N–H and O–H groups in total. The van der Waals surface area contributed by atoms with Crippen molar-refractivity contribution in [2.24, 2.45) is 11.1 Å². The number of hydrogen-bond donors (Lipinski definition) is 1. The molecule has 6 nitrogen and oxygen atoms in total. The molecule has 0 unspecified atom stereocenters. The lowest BCUT2D eigenvalue weighted by molar-refractivity contribution is -0.139. The summed E-state index contributed by atoms with van der Waals surface area (Å²) in [7, 11) is 0. The van der Waals surface area contributed by atoms with Crippen LogP contribution in [0.15, 0.2) is 4.52 Å². The maximum atomic E-state index is 12.3. The Hall–Kier alpha value is -1.85. The van der Waals surface area contributed by atoms with Crippen molar-refractivity contribution >= 4 is 11.8 Å². The minimum absolute atomic E-state index is 0.120. The minimum atomic E-state index is -0.432.